The first kappa shape index (κ1) is 13.8. The van der Waals surface area contributed by atoms with Crippen molar-refractivity contribution in [1.29, 1.82) is 0 Å². The molecule has 1 aliphatic carbocycles. The molecule has 0 amide bonds. The molecule has 4 N–H and O–H groups in total. The molecule has 0 heterocycles. The average molecular weight is 283 g/mol. The molecule has 1 atom stereocenters. The summed E-state index contributed by atoms with van der Waals surface area (Å²) in [5, 5.41) is 11.6. The molecule has 1 aromatic rings. The van der Waals surface area contributed by atoms with Crippen molar-refractivity contribution in [3.8, 4) is 0 Å². The van der Waals surface area contributed by atoms with E-state index in [2.05, 4.69) is 9.88 Å². The maximum atomic E-state index is 12.2. The van der Waals surface area contributed by atoms with Crippen LogP contribution < -0.4 is 10.5 Å². The highest BCUT2D eigenvalue weighted by atomic mass is 32.2. The van der Waals surface area contributed by atoms with E-state index in [4.69, 9.17) is 10.9 Å². The molecule has 1 saturated carbocycles. The third-order valence-electron chi connectivity index (χ3n) is 3.11. The lowest BCUT2D eigenvalue weighted by Gasteiger charge is -2.17. The van der Waals surface area contributed by atoms with Gasteiger partial charge in [-0.3, -0.25) is 0 Å². The molecular weight excluding hydrogens is 266 g/mol. The van der Waals surface area contributed by atoms with Crippen LogP contribution >= 0.6 is 0 Å². The number of nitrogens with one attached hydrogen (secondary N) is 1. The van der Waals surface area contributed by atoms with Gasteiger partial charge in [0.1, 0.15) is 0 Å². The summed E-state index contributed by atoms with van der Waals surface area (Å²) in [6.45, 7) is 1.82. The normalized spacial score (nSPS) is 18.3. The molecule has 0 radical (unpaired) electrons. The molecule has 6 nitrogen and oxygen atoms in total. The van der Waals surface area contributed by atoms with Crippen molar-refractivity contribution in [2.24, 2.45) is 16.8 Å². The van der Waals surface area contributed by atoms with Crippen molar-refractivity contribution in [2.75, 3.05) is 0 Å². The zero-order chi connectivity index (χ0) is 14.0. The maximum Gasteiger partial charge on any atom is 0.241 e. The molecule has 0 aromatic heterocycles. The number of nitrogens with two attached hydrogens (primary N) is 1. The number of hydrogen-bond acceptors (Lipinski definition) is 4. The number of sulfonamides is 1. The van der Waals surface area contributed by atoms with E-state index in [0.717, 1.165) is 18.4 Å². The predicted octanol–water partition coefficient (Wildman–Crippen LogP) is 0.798. The lowest BCUT2D eigenvalue weighted by atomic mass is 10.2. The van der Waals surface area contributed by atoms with Gasteiger partial charge in [0.15, 0.2) is 5.84 Å². The molecule has 0 aliphatic heterocycles. The predicted molar refractivity (Wildman–Crippen MR) is 71.4 cm³/mol. The molecule has 1 aliphatic rings. The second-order valence-electron chi connectivity index (χ2n) is 4.78. The first-order valence-electron chi connectivity index (χ1n) is 6.00. The van der Waals surface area contributed by atoms with Crippen molar-refractivity contribution in [3.63, 3.8) is 0 Å². The van der Waals surface area contributed by atoms with Gasteiger partial charge >= 0.3 is 0 Å². The van der Waals surface area contributed by atoms with Crippen molar-refractivity contribution in [2.45, 2.75) is 30.7 Å². The number of nitrogens with zero attached hydrogens (tertiary/aromatic N) is 1. The fraction of sp³-hybridized carbons (Fsp3) is 0.417. The summed E-state index contributed by atoms with van der Waals surface area (Å²) in [7, 11) is -3.66. The molecule has 1 fully saturated rings. The topological polar surface area (TPSA) is 105 Å². The first-order chi connectivity index (χ1) is 8.94. The van der Waals surface area contributed by atoms with Crippen molar-refractivity contribution < 1.29 is 13.6 Å². The van der Waals surface area contributed by atoms with Gasteiger partial charge in [0.2, 0.25) is 10.0 Å². The van der Waals surface area contributed by atoms with E-state index in [0.29, 0.717) is 0 Å². The van der Waals surface area contributed by atoms with E-state index < -0.39 is 16.1 Å². The van der Waals surface area contributed by atoms with Crippen LogP contribution in [0.15, 0.2) is 34.3 Å². The van der Waals surface area contributed by atoms with Gasteiger partial charge in [-0.25, -0.2) is 13.1 Å². The fourth-order valence-electron chi connectivity index (χ4n) is 1.91. The molecule has 0 spiro atoms. The lowest BCUT2D eigenvalue weighted by molar-refractivity contribution is 0.314. The van der Waals surface area contributed by atoms with Crippen LogP contribution in [0.4, 0.5) is 0 Å². The largest absolute Gasteiger partial charge is 0.409 e. The van der Waals surface area contributed by atoms with E-state index in [1.54, 1.807) is 12.1 Å². The lowest BCUT2D eigenvalue weighted by Crippen LogP contribution is -2.46. The fourth-order valence-corrected chi connectivity index (χ4v) is 3.29. The van der Waals surface area contributed by atoms with Crippen LogP contribution in [0.25, 0.3) is 0 Å². The zero-order valence-corrected chi connectivity index (χ0v) is 11.4. The number of oxime groups is 1. The number of benzene rings is 1. The van der Waals surface area contributed by atoms with Gasteiger partial charge in [-0.1, -0.05) is 17.3 Å². The summed E-state index contributed by atoms with van der Waals surface area (Å²) in [6.07, 6.45) is 1.74. The van der Waals surface area contributed by atoms with E-state index in [-0.39, 0.29) is 16.6 Å². The minimum absolute atomic E-state index is 0.0984. The molecule has 104 valence electrons. The molecule has 2 rings (SSSR count). The Morgan fingerprint density at radius 2 is 2.21 bits per heavy atom. The van der Waals surface area contributed by atoms with Crippen LogP contribution in [0.1, 0.15) is 18.4 Å². The Labute approximate surface area is 112 Å². The first-order valence-corrected chi connectivity index (χ1v) is 7.49. The maximum absolute atomic E-state index is 12.2. The van der Waals surface area contributed by atoms with Crippen LogP contribution in [0.5, 0.6) is 0 Å². The van der Waals surface area contributed by atoms with Crippen molar-refractivity contribution >= 4 is 15.9 Å². The van der Waals surface area contributed by atoms with Crippen LogP contribution in [0.2, 0.25) is 0 Å². The Morgan fingerprint density at radius 3 is 2.74 bits per heavy atom. The SMILES string of the molecule is Cc1cccc(S(=O)(=O)NC(C(N)=NO)C2CC2)c1. The minimum atomic E-state index is -3.66. The van der Waals surface area contributed by atoms with E-state index in [1.165, 1.54) is 6.07 Å². The van der Waals surface area contributed by atoms with Gasteiger partial charge < -0.3 is 10.9 Å². The van der Waals surface area contributed by atoms with Gasteiger partial charge in [0.25, 0.3) is 0 Å². The van der Waals surface area contributed by atoms with Gasteiger partial charge in [-0.15, -0.1) is 0 Å². The standard InChI is InChI=1S/C12H17N3O3S/c1-8-3-2-4-10(7-8)19(17,18)15-11(9-5-6-9)12(13)14-16/h2-4,7,9,11,15-16H,5-6H2,1H3,(H2,13,14). The van der Waals surface area contributed by atoms with Crippen LogP contribution in [0.3, 0.4) is 0 Å². The Morgan fingerprint density at radius 1 is 1.53 bits per heavy atom. The summed E-state index contributed by atoms with van der Waals surface area (Å²) >= 11 is 0. The Hall–Kier alpha value is -1.60. The Kier molecular flexibility index (Phi) is 3.77. The van der Waals surface area contributed by atoms with Crippen LogP contribution in [0, 0.1) is 12.8 Å². The molecule has 19 heavy (non-hydrogen) atoms. The number of amidine groups is 1. The summed E-state index contributed by atoms with van der Waals surface area (Å²) in [4.78, 5) is 0.184. The molecule has 0 saturated heterocycles. The monoisotopic (exact) mass is 283 g/mol. The van der Waals surface area contributed by atoms with Crippen LogP contribution in [-0.4, -0.2) is 25.5 Å². The highest BCUT2D eigenvalue weighted by Gasteiger charge is 2.37. The summed E-state index contributed by atoms with van der Waals surface area (Å²) in [5.41, 5.74) is 6.40. The summed E-state index contributed by atoms with van der Waals surface area (Å²) < 4.78 is 27.0. The smallest absolute Gasteiger partial charge is 0.241 e. The third kappa shape index (κ3) is 3.24. The Balaban J connectivity index is 2.25. The number of hydrogen-bond donors (Lipinski definition) is 3. The molecule has 0 bridgehead atoms. The molecule has 1 unspecified atom stereocenters. The second-order valence-corrected chi connectivity index (χ2v) is 6.49. The van der Waals surface area contributed by atoms with Crippen molar-refractivity contribution in [3.05, 3.63) is 29.8 Å². The number of aryl methyl sites for hydroxylation is 1. The summed E-state index contributed by atoms with van der Waals surface area (Å²) in [6, 6.07) is 5.96. The Bertz CT molecular complexity index is 594. The summed E-state index contributed by atoms with van der Waals surface area (Å²) in [5.74, 6) is 0.00853. The molecular formula is C12H17N3O3S. The highest BCUT2D eigenvalue weighted by Crippen LogP contribution is 2.33. The average Bonchev–Trinajstić information content (AvgIpc) is 3.19. The van der Waals surface area contributed by atoms with Gasteiger partial charge in [0, 0.05) is 0 Å². The van der Waals surface area contributed by atoms with Crippen LogP contribution in [-0.2, 0) is 10.0 Å². The second kappa shape index (κ2) is 5.18. The molecule has 7 heteroatoms. The van der Waals surface area contributed by atoms with E-state index in [9.17, 15) is 8.42 Å². The van der Waals surface area contributed by atoms with Gasteiger partial charge in [-0.2, -0.15) is 0 Å². The van der Waals surface area contributed by atoms with E-state index >= 15 is 0 Å². The molecule has 1 aromatic carbocycles. The quantitative estimate of drug-likeness (QED) is 0.322. The van der Waals surface area contributed by atoms with Gasteiger partial charge in [0.05, 0.1) is 10.9 Å². The number of rotatable bonds is 5. The third-order valence-corrected chi connectivity index (χ3v) is 4.55. The zero-order valence-electron chi connectivity index (χ0n) is 10.6. The van der Waals surface area contributed by atoms with Gasteiger partial charge in [-0.05, 0) is 43.4 Å². The van der Waals surface area contributed by atoms with E-state index in [1.807, 2.05) is 13.0 Å². The van der Waals surface area contributed by atoms with Crippen molar-refractivity contribution in [1.82, 2.24) is 4.72 Å². The highest BCUT2D eigenvalue weighted by molar-refractivity contribution is 7.89. The minimum Gasteiger partial charge on any atom is -0.409 e.